The number of ether oxygens (including phenoxy) is 1. The van der Waals surface area contributed by atoms with Gasteiger partial charge in [0.15, 0.2) is 0 Å². The molecule has 1 aliphatic carbocycles. The normalized spacial score (nSPS) is 23.2. The van der Waals surface area contributed by atoms with Gasteiger partial charge < -0.3 is 15.2 Å². The van der Waals surface area contributed by atoms with E-state index in [0.29, 0.717) is 18.7 Å². The van der Waals surface area contributed by atoms with E-state index in [1.807, 2.05) is 11.6 Å². The summed E-state index contributed by atoms with van der Waals surface area (Å²) in [6, 6.07) is 0.439. The predicted octanol–water partition coefficient (Wildman–Crippen LogP) is 1.54. The minimum Gasteiger partial charge on any atom is -0.394 e. The molecule has 1 saturated carbocycles. The number of aromatic nitrogens is 2. The Hall–Kier alpha value is -0.910. The zero-order chi connectivity index (χ0) is 14.5. The standard InChI is InChI=1S/C15H27N3O2/c1-11-13(12(2)18(17-11)8-9-19)10-16-14-6-4-5-7-15(14)20-3/h14-16,19H,4-10H2,1-3H3. The summed E-state index contributed by atoms with van der Waals surface area (Å²) in [5, 5.41) is 17.2. The van der Waals surface area contributed by atoms with Gasteiger partial charge in [0.1, 0.15) is 0 Å². The van der Waals surface area contributed by atoms with Crippen LogP contribution in [0.5, 0.6) is 0 Å². The van der Waals surface area contributed by atoms with E-state index in [2.05, 4.69) is 17.3 Å². The molecule has 0 radical (unpaired) electrons. The third kappa shape index (κ3) is 3.40. The summed E-state index contributed by atoms with van der Waals surface area (Å²) in [5.41, 5.74) is 3.45. The molecule has 0 aromatic carbocycles. The summed E-state index contributed by atoms with van der Waals surface area (Å²) >= 11 is 0. The Balaban J connectivity index is 1.99. The average Bonchev–Trinajstić information content (AvgIpc) is 2.72. The van der Waals surface area contributed by atoms with E-state index in [1.165, 1.54) is 24.8 Å². The number of rotatable bonds is 6. The molecular formula is C15H27N3O2. The Morgan fingerprint density at radius 2 is 2.10 bits per heavy atom. The van der Waals surface area contributed by atoms with Crippen LogP contribution in [0, 0.1) is 13.8 Å². The number of aryl methyl sites for hydroxylation is 1. The second kappa shape index (κ2) is 7.20. The molecular weight excluding hydrogens is 254 g/mol. The summed E-state index contributed by atoms with van der Waals surface area (Å²) in [4.78, 5) is 0. The van der Waals surface area contributed by atoms with Crippen LogP contribution < -0.4 is 5.32 Å². The van der Waals surface area contributed by atoms with Crippen molar-refractivity contribution in [3.05, 3.63) is 17.0 Å². The number of hydrogen-bond donors (Lipinski definition) is 2. The Kier molecular flexibility index (Phi) is 5.57. The number of aliphatic hydroxyl groups excluding tert-OH is 1. The highest BCUT2D eigenvalue weighted by Gasteiger charge is 2.25. The van der Waals surface area contributed by atoms with Gasteiger partial charge in [0.2, 0.25) is 0 Å². The summed E-state index contributed by atoms with van der Waals surface area (Å²) in [6.07, 6.45) is 5.21. The molecule has 5 heteroatoms. The van der Waals surface area contributed by atoms with Crippen LogP contribution in [-0.4, -0.2) is 40.7 Å². The van der Waals surface area contributed by atoms with Crippen molar-refractivity contribution in [2.75, 3.05) is 13.7 Å². The van der Waals surface area contributed by atoms with Gasteiger partial charge in [-0.05, 0) is 26.7 Å². The van der Waals surface area contributed by atoms with E-state index in [0.717, 1.165) is 24.4 Å². The maximum absolute atomic E-state index is 9.05. The summed E-state index contributed by atoms with van der Waals surface area (Å²) in [6.45, 7) is 5.63. The number of nitrogens with one attached hydrogen (secondary N) is 1. The van der Waals surface area contributed by atoms with E-state index in [1.54, 1.807) is 7.11 Å². The first-order chi connectivity index (χ1) is 9.67. The lowest BCUT2D eigenvalue weighted by Crippen LogP contribution is -2.42. The topological polar surface area (TPSA) is 59.3 Å². The minimum absolute atomic E-state index is 0.128. The molecule has 0 amide bonds. The molecule has 1 aliphatic rings. The Morgan fingerprint density at radius 3 is 2.80 bits per heavy atom. The van der Waals surface area contributed by atoms with Crippen LogP contribution in [0.15, 0.2) is 0 Å². The minimum atomic E-state index is 0.128. The largest absolute Gasteiger partial charge is 0.394 e. The van der Waals surface area contributed by atoms with Crippen LogP contribution >= 0.6 is 0 Å². The molecule has 2 rings (SSSR count). The quantitative estimate of drug-likeness (QED) is 0.830. The fourth-order valence-electron chi connectivity index (χ4n) is 3.15. The van der Waals surface area contributed by atoms with Crippen molar-refractivity contribution in [2.24, 2.45) is 0 Å². The van der Waals surface area contributed by atoms with Crippen LogP contribution in [0.4, 0.5) is 0 Å². The molecule has 0 bridgehead atoms. The van der Waals surface area contributed by atoms with E-state index >= 15 is 0 Å². The molecule has 5 nitrogen and oxygen atoms in total. The molecule has 1 fully saturated rings. The Labute approximate surface area is 121 Å². The molecule has 2 unspecified atom stereocenters. The molecule has 20 heavy (non-hydrogen) atoms. The number of hydrogen-bond acceptors (Lipinski definition) is 4. The van der Waals surface area contributed by atoms with Gasteiger partial charge in [0, 0.05) is 31.0 Å². The van der Waals surface area contributed by atoms with Crippen molar-refractivity contribution in [3.63, 3.8) is 0 Å². The lowest BCUT2D eigenvalue weighted by atomic mass is 9.92. The summed E-state index contributed by atoms with van der Waals surface area (Å²) in [7, 11) is 1.81. The highest BCUT2D eigenvalue weighted by molar-refractivity contribution is 5.24. The molecule has 1 heterocycles. The molecule has 0 spiro atoms. The number of methoxy groups -OCH3 is 1. The fraction of sp³-hybridized carbons (Fsp3) is 0.800. The van der Waals surface area contributed by atoms with E-state index in [-0.39, 0.29) is 6.61 Å². The van der Waals surface area contributed by atoms with Crippen LogP contribution in [0.3, 0.4) is 0 Å². The second-order valence-electron chi connectivity index (χ2n) is 5.64. The van der Waals surface area contributed by atoms with Gasteiger partial charge >= 0.3 is 0 Å². The summed E-state index contributed by atoms with van der Waals surface area (Å²) < 4.78 is 7.47. The zero-order valence-electron chi connectivity index (χ0n) is 12.9. The first-order valence-corrected chi connectivity index (χ1v) is 7.57. The Bertz CT molecular complexity index is 431. The predicted molar refractivity (Wildman–Crippen MR) is 78.7 cm³/mol. The maximum Gasteiger partial charge on any atom is 0.0724 e. The molecule has 1 aromatic rings. The van der Waals surface area contributed by atoms with Crippen LogP contribution in [0.25, 0.3) is 0 Å². The van der Waals surface area contributed by atoms with Crippen molar-refractivity contribution in [1.29, 1.82) is 0 Å². The van der Waals surface area contributed by atoms with Crippen molar-refractivity contribution in [1.82, 2.24) is 15.1 Å². The van der Waals surface area contributed by atoms with Crippen molar-refractivity contribution in [3.8, 4) is 0 Å². The molecule has 114 valence electrons. The first-order valence-electron chi connectivity index (χ1n) is 7.57. The highest BCUT2D eigenvalue weighted by Crippen LogP contribution is 2.22. The monoisotopic (exact) mass is 281 g/mol. The zero-order valence-corrected chi connectivity index (χ0v) is 12.9. The SMILES string of the molecule is COC1CCCCC1NCc1c(C)nn(CCO)c1C. The van der Waals surface area contributed by atoms with Crippen LogP contribution in [0.2, 0.25) is 0 Å². The highest BCUT2D eigenvalue weighted by atomic mass is 16.5. The number of nitrogens with zero attached hydrogens (tertiary/aromatic N) is 2. The summed E-state index contributed by atoms with van der Waals surface area (Å²) in [5.74, 6) is 0. The van der Waals surface area contributed by atoms with Gasteiger partial charge in [-0.15, -0.1) is 0 Å². The van der Waals surface area contributed by atoms with Crippen molar-refractivity contribution < 1.29 is 9.84 Å². The molecule has 0 saturated heterocycles. The third-order valence-electron chi connectivity index (χ3n) is 4.39. The van der Waals surface area contributed by atoms with Crippen molar-refractivity contribution in [2.45, 2.75) is 64.8 Å². The lowest BCUT2D eigenvalue weighted by molar-refractivity contribution is 0.0412. The smallest absolute Gasteiger partial charge is 0.0724 e. The van der Waals surface area contributed by atoms with Crippen LogP contribution in [-0.2, 0) is 17.8 Å². The third-order valence-corrected chi connectivity index (χ3v) is 4.39. The van der Waals surface area contributed by atoms with E-state index < -0.39 is 0 Å². The molecule has 2 atom stereocenters. The van der Waals surface area contributed by atoms with Gasteiger partial charge in [-0.25, -0.2) is 0 Å². The first kappa shape index (κ1) is 15.5. The molecule has 2 N–H and O–H groups in total. The fourth-order valence-corrected chi connectivity index (χ4v) is 3.15. The van der Waals surface area contributed by atoms with Crippen molar-refractivity contribution >= 4 is 0 Å². The second-order valence-corrected chi connectivity index (χ2v) is 5.64. The van der Waals surface area contributed by atoms with E-state index in [4.69, 9.17) is 9.84 Å². The lowest BCUT2D eigenvalue weighted by Gasteiger charge is -2.31. The van der Waals surface area contributed by atoms with Crippen LogP contribution in [0.1, 0.15) is 42.6 Å². The average molecular weight is 281 g/mol. The van der Waals surface area contributed by atoms with Gasteiger partial charge in [-0.1, -0.05) is 12.8 Å². The van der Waals surface area contributed by atoms with E-state index in [9.17, 15) is 0 Å². The molecule has 0 aliphatic heterocycles. The van der Waals surface area contributed by atoms with Gasteiger partial charge in [0.05, 0.1) is 24.9 Å². The number of aliphatic hydroxyl groups is 1. The molecule has 1 aromatic heterocycles. The maximum atomic E-state index is 9.05. The van der Waals surface area contributed by atoms with Gasteiger partial charge in [0.25, 0.3) is 0 Å². The van der Waals surface area contributed by atoms with Gasteiger partial charge in [-0.3, -0.25) is 4.68 Å². The Morgan fingerprint density at radius 1 is 1.35 bits per heavy atom. The van der Waals surface area contributed by atoms with Gasteiger partial charge in [-0.2, -0.15) is 5.10 Å².